The third-order valence-electron chi connectivity index (χ3n) is 4.43. The number of ether oxygens (including phenoxy) is 1. The lowest BCUT2D eigenvalue weighted by atomic mass is 10.1. The van der Waals surface area contributed by atoms with Crippen molar-refractivity contribution in [3.63, 3.8) is 0 Å². The number of anilines is 2. The van der Waals surface area contributed by atoms with Gasteiger partial charge in [0.1, 0.15) is 11.4 Å². The van der Waals surface area contributed by atoms with Crippen molar-refractivity contribution in [1.82, 2.24) is 19.9 Å². The summed E-state index contributed by atoms with van der Waals surface area (Å²) in [6, 6.07) is 2.00. The molecule has 1 atom stereocenters. The molecule has 0 unspecified atom stereocenters. The van der Waals surface area contributed by atoms with Gasteiger partial charge in [0.15, 0.2) is 5.65 Å². The molecule has 1 fully saturated rings. The smallest absolute Gasteiger partial charge is 0.410 e. The number of piperidine rings is 1. The van der Waals surface area contributed by atoms with Gasteiger partial charge in [-0.15, -0.1) is 0 Å². The number of aryl methyl sites for hydroxylation is 2. The molecule has 8 heteroatoms. The van der Waals surface area contributed by atoms with Gasteiger partial charge in [-0.25, -0.2) is 9.78 Å². The number of nitrogens with two attached hydrogens (primary N) is 1. The van der Waals surface area contributed by atoms with Gasteiger partial charge in [0.2, 0.25) is 5.95 Å². The van der Waals surface area contributed by atoms with Crippen molar-refractivity contribution in [1.29, 1.82) is 0 Å². The number of hydrogen-bond donors (Lipinski definition) is 2. The van der Waals surface area contributed by atoms with Crippen LogP contribution in [0.4, 0.5) is 16.6 Å². The molecule has 27 heavy (non-hydrogen) atoms. The van der Waals surface area contributed by atoms with Crippen molar-refractivity contribution < 1.29 is 9.53 Å². The number of nitrogens with zero attached hydrogens (tertiary/aromatic N) is 4. The van der Waals surface area contributed by atoms with Gasteiger partial charge in [-0.2, -0.15) is 9.97 Å². The van der Waals surface area contributed by atoms with Gasteiger partial charge in [0, 0.05) is 24.8 Å². The topological polar surface area (TPSA) is 106 Å². The van der Waals surface area contributed by atoms with E-state index in [1.165, 1.54) is 0 Å². The van der Waals surface area contributed by atoms with E-state index in [1.54, 1.807) is 4.90 Å². The zero-order valence-electron chi connectivity index (χ0n) is 16.7. The molecule has 146 valence electrons. The number of carbonyl (C=O) groups excluding carboxylic acids is 1. The zero-order valence-corrected chi connectivity index (χ0v) is 16.7. The first-order chi connectivity index (χ1) is 12.6. The summed E-state index contributed by atoms with van der Waals surface area (Å²) in [6.45, 7) is 10.7. The van der Waals surface area contributed by atoms with Crippen LogP contribution in [0.1, 0.15) is 44.9 Å². The number of amides is 1. The van der Waals surface area contributed by atoms with Crippen molar-refractivity contribution >= 4 is 28.9 Å². The van der Waals surface area contributed by atoms with Crippen LogP contribution >= 0.6 is 0 Å². The van der Waals surface area contributed by atoms with Crippen molar-refractivity contribution in [2.24, 2.45) is 0 Å². The first-order valence-corrected chi connectivity index (χ1v) is 9.28. The Labute approximate surface area is 159 Å². The Bertz CT molecular complexity index is 861. The van der Waals surface area contributed by atoms with Crippen LogP contribution in [0.2, 0.25) is 0 Å². The van der Waals surface area contributed by atoms with E-state index in [9.17, 15) is 4.79 Å². The number of aromatic nitrogens is 3. The molecule has 2 aromatic rings. The van der Waals surface area contributed by atoms with Crippen LogP contribution in [0, 0.1) is 13.8 Å². The lowest BCUT2D eigenvalue weighted by Crippen LogP contribution is -2.47. The highest BCUT2D eigenvalue weighted by Gasteiger charge is 2.28. The molecule has 3 heterocycles. The third kappa shape index (κ3) is 4.56. The molecule has 1 amide bonds. The van der Waals surface area contributed by atoms with Crippen molar-refractivity contribution in [2.75, 3.05) is 24.1 Å². The summed E-state index contributed by atoms with van der Waals surface area (Å²) >= 11 is 0. The zero-order chi connectivity index (χ0) is 19.8. The minimum absolute atomic E-state index is 0.0361. The number of pyridine rings is 1. The number of rotatable bonds is 2. The van der Waals surface area contributed by atoms with Crippen molar-refractivity contribution in [3.05, 3.63) is 17.3 Å². The van der Waals surface area contributed by atoms with E-state index < -0.39 is 5.60 Å². The maximum Gasteiger partial charge on any atom is 0.410 e. The van der Waals surface area contributed by atoms with Crippen LogP contribution in [0.15, 0.2) is 6.07 Å². The fourth-order valence-corrected chi connectivity index (χ4v) is 3.34. The molecule has 3 rings (SSSR count). The average Bonchev–Trinajstić information content (AvgIpc) is 2.52. The van der Waals surface area contributed by atoms with E-state index in [4.69, 9.17) is 10.5 Å². The number of likely N-dealkylation sites (tertiary alicyclic amines) is 1. The van der Waals surface area contributed by atoms with E-state index in [1.807, 2.05) is 40.7 Å². The molecule has 2 aromatic heterocycles. The monoisotopic (exact) mass is 372 g/mol. The second-order valence-corrected chi connectivity index (χ2v) is 8.12. The lowest BCUT2D eigenvalue weighted by Gasteiger charge is -2.34. The van der Waals surface area contributed by atoms with E-state index >= 15 is 0 Å². The largest absolute Gasteiger partial charge is 0.444 e. The first-order valence-electron chi connectivity index (χ1n) is 9.28. The number of fused-ring (bicyclic) bond motifs is 1. The summed E-state index contributed by atoms with van der Waals surface area (Å²) in [5.41, 5.74) is 8.12. The third-order valence-corrected chi connectivity index (χ3v) is 4.43. The molecule has 1 aliphatic heterocycles. The molecule has 3 N–H and O–H groups in total. The van der Waals surface area contributed by atoms with Gasteiger partial charge >= 0.3 is 6.09 Å². The normalized spacial score (nSPS) is 17.8. The molecule has 0 bridgehead atoms. The van der Waals surface area contributed by atoms with E-state index in [0.29, 0.717) is 30.5 Å². The Morgan fingerprint density at radius 1 is 1.30 bits per heavy atom. The first kappa shape index (κ1) is 19.1. The van der Waals surface area contributed by atoms with E-state index in [0.717, 1.165) is 29.5 Å². The Morgan fingerprint density at radius 3 is 2.74 bits per heavy atom. The highest BCUT2D eigenvalue weighted by molar-refractivity contribution is 5.89. The SMILES string of the molecule is Cc1cc(C)c2c(N)nc(N[C@@H]3CCCN(C(=O)OC(C)(C)C)C3)nc2n1. The number of carbonyl (C=O) groups is 1. The van der Waals surface area contributed by atoms with Crippen LogP contribution in [-0.2, 0) is 4.74 Å². The molecule has 1 saturated heterocycles. The average molecular weight is 372 g/mol. The van der Waals surface area contributed by atoms with Crippen LogP contribution in [0.25, 0.3) is 11.0 Å². The fraction of sp³-hybridized carbons (Fsp3) is 0.579. The number of nitrogen functional groups attached to an aromatic ring is 1. The summed E-state index contributed by atoms with van der Waals surface area (Å²) < 4.78 is 5.48. The Morgan fingerprint density at radius 2 is 2.04 bits per heavy atom. The van der Waals surface area contributed by atoms with Crippen LogP contribution < -0.4 is 11.1 Å². The van der Waals surface area contributed by atoms with Crippen molar-refractivity contribution in [3.8, 4) is 0 Å². The summed E-state index contributed by atoms with van der Waals surface area (Å²) in [5.74, 6) is 0.848. The van der Waals surface area contributed by atoms with Gasteiger partial charge in [-0.3, -0.25) is 0 Å². The molecule has 0 spiro atoms. The van der Waals surface area contributed by atoms with Crippen LogP contribution in [-0.4, -0.2) is 50.7 Å². The van der Waals surface area contributed by atoms with Gasteiger partial charge in [-0.1, -0.05) is 0 Å². The molecular formula is C19H28N6O2. The number of hydrogen-bond acceptors (Lipinski definition) is 7. The maximum atomic E-state index is 12.3. The molecule has 0 aromatic carbocycles. The molecule has 8 nitrogen and oxygen atoms in total. The molecule has 1 aliphatic rings. The minimum Gasteiger partial charge on any atom is -0.444 e. The fourth-order valence-electron chi connectivity index (χ4n) is 3.34. The minimum atomic E-state index is -0.505. The predicted molar refractivity (Wildman–Crippen MR) is 106 cm³/mol. The molecule has 0 radical (unpaired) electrons. The van der Waals surface area contributed by atoms with Gasteiger partial charge in [0.05, 0.1) is 5.39 Å². The molecule has 0 aliphatic carbocycles. The lowest BCUT2D eigenvalue weighted by molar-refractivity contribution is 0.0206. The van der Waals surface area contributed by atoms with Gasteiger partial charge < -0.3 is 20.7 Å². The Balaban J connectivity index is 1.76. The maximum absolute atomic E-state index is 12.3. The summed E-state index contributed by atoms with van der Waals surface area (Å²) in [7, 11) is 0. The van der Waals surface area contributed by atoms with Gasteiger partial charge in [0.25, 0.3) is 0 Å². The van der Waals surface area contributed by atoms with E-state index in [-0.39, 0.29) is 12.1 Å². The Hall–Kier alpha value is -2.64. The molecule has 0 saturated carbocycles. The Kier molecular flexibility index (Phi) is 5.08. The second kappa shape index (κ2) is 7.17. The summed E-state index contributed by atoms with van der Waals surface area (Å²) in [5, 5.41) is 4.09. The van der Waals surface area contributed by atoms with Crippen LogP contribution in [0.3, 0.4) is 0 Å². The molecular weight excluding hydrogens is 344 g/mol. The summed E-state index contributed by atoms with van der Waals surface area (Å²) in [4.78, 5) is 27.5. The second-order valence-electron chi connectivity index (χ2n) is 8.12. The highest BCUT2D eigenvalue weighted by Crippen LogP contribution is 2.24. The summed E-state index contributed by atoms with van der Waals surface area (Å²) in [6.07, 6.45) is 1.51. The van der Waals surface area contributed by atoms with Gasteiger partial charge in [-0.05, 0) is 59.1 Å². The van der Waals surface area contributed by atoms with Crippen LogP contribution in [0.5, 0.6) is 0 Å². The number of nitrogens with one attached hydrogen (secondary N) is 1. The van der Waals surface area contributed by atoms with E-state index in [2.05, 4.69) is 20.3 Å². The van der Waals surface area contributed by atoms with Crippen molar-refractivity contribution in [2.45, 2.75) is 59.1 Å². The predicted octanol–water partition coefficient (Wildman–Crippen LogP) is 3.04. The highest BCUT2D eigenvalue weighted by atomic mass is 16.6. The standard InChI is InChI=1S/C19H28N6O2/c1-11-9-12(2)21-16-14(11)15(20)23-17(24-16)22-13-7-6-8-25(10-13)18(26)27-19(3,4)5/h9,13H,6-8,10H2,1-5H3,(H3,20,21,22,23,24)/t13-/m1/s1. The quantitative estimate of drug-likeness (QED) is 0.834.